The van der Waals surface area contributed by atoms with Crippen LogP contribution in [0.4, 0.5) is 5.82 Å². The number of carbonyl (C=O) groups excluding carboxylic acids is 1. The predicted octanol–water partition coefficient (Wildman–Crippen LogP) is 2.49. The first-order valence-corrected chi connectivity index (χ1v) is 7.03. The van der Waals surface area contributed by atoms with Crippen molar-refractivity contribution in [2.45, 2.75) is 12.3 Å². The summed E-state index contributed by atoms with van der Waals surface area (Å²) < 4.78 is 0. The molecule has 0 saturated carbocycles. The minimum atomic E-state index is -0.210. The van der Waals surface area contributed by atoms with Crippen LogP contribution >= 0.6 is 0 Å². The first-order valence-electron chi connectivity index (χ1n) is 7.03. The number of aromatic nitrogens is 1. The van der Waals surface area contributed by atoms with Gasteiger partial charge in [0.15, 0.2) is 0 Å². The molecule has 1 aromatic heterocycles. The molecule has 2 aromatic rings. The highest BCUT2D eigenvalue weighted by molar-refractivity contribution is 5.96. The van der Waals surface area contributed by atoms with Crippen molar-refractivity contribution in [3.8, 4) is 0 Å². The van der Waals surface area contributed by atoms with E-state index < -0.39 is 0 Å². The van der Waals surface area contributed by atoms with E-state index in [0.717, 1.165) is 17.7 Å². The van der Waals surface area contributed by atoms with Crippen molar-refractivity contribution in [3.63, 3.8) is 0 Å². The zero-order chi connectivity index (χ0) is 15.4. The highest BCUT2D eigenvalue weighted by atomic mass is 16.1. The maximum atomic E-state index is 12.4. The van der Waals surface area contributed by atoms with Gasteiger partial charge in [0.05, 0.1) is 0 Å². The van der Waals surface area contributed by atoms with Gasteiger partial charge < -0.3 is 11.1 Å². The Hall–Kier alpha value is -2.95. The number of nitrogens with zero attached hydrogens (tertiary/aromatic N) is 2. The molecule has 0 saturated heterocycles. The topological polar surface area (TPSA) is 80.4 Å². The number of benzene rings is 1. The second-order valence-corrected chi connectivity index (χ2v) is 5.04. The lowest BCUT2D eigenvalue weighted by Gasteiger charge is -2.22. The molecule has 110 valence electrons. The van der Waals surface area contributed by atoms with Crippen LogP contribution in [0, 0.1) is 0 Å². The van der Waals surface area contributed by atoms with E-state index >= 15 is 0 Å². The Kier molecular flexibility index (Phi) is 3.96. The molecular formula is C17H16N4O. The van der Waals surface area contributed by atoms with Crippen LogP contribution < -0.4 is 11.1 Å². The molecule has 1 aliphatic rings. The molecule has 1 aliphatic heterocycles. The smallest absolute Gasteiger partial charge is 0.255 e. The summed E-state index contributed by atoms with van der Waals surface area (Å²) in [4.78, 5) is 20.4. The standard InChI is InChI=1S/C17H16N4O/c18-16-10-13(6-9-20-16)17(22)21-15-11-19-8-7-14(15)12-4-2-1-3-5-12/h1-6,8-11,14H,7H2,(H2,18,20)(H,21,22). The number of rotatable bonds is 3. The van der Waals surface area contributed by atoms with Gasteiger partial charge in [0, 0.05) is 35.8 Å². The Morgan fingerprint density at radius 1 is 1.23 bits per heavy atom. The second-order valence-electron chi connectivity index (χ2n) is 5.04. The third-order valence-electron chi connectivity index (χ3n) is 3.54. The second kappa shape index (κ2) is 6.22. The SMILES string of the molecule is Nc1cc(C(=O)NC2=CN=CCC2c2ccccc2)ccn1. The maximum Gasteiger partial charge on any atom is 0.255 e. The summed E-state index contributed by atoms with van der Waals surface area (Å²) in [5, 5.41) is 2.94. The van der Waals surface area contributed by atoms with Crippen LogP contribution in [0.1, 0.15) is 28.3 Å². The summed E-state index contributed by atoms with van der Waals surface area (Å²) in [5.41, 5.74) is 8.03. The first kappa shape index (κ1) is 14.0. The molecule has 1 amide bonds. The molecule has 1 atom stereocenters. The summed E-state index contributed by atoms with van der Waals surface area (Å²) >= 11 is 0. The zero-order valence-electron chi connectivity index (χ0n) is 11.9. The van der Waals surface area contributed by atoms with E-state index in [1.165, 1.54) is 6.20 Å². The number of carbonyl (C=O) groups is 1. The van der Waals surface area contributed by atoms with Crippen molar-refractivity contribution in [1.82, 2.24) is 10.3 Å². The molecule has 3 N–H and O–H groups in total. The Morgan fingerprint density at radius 3 is 2.82 bits per heavy atom. The van der Waals surface area contributed by atoms with Crippen LogP contribution in [-0.4, -0.2) is 17.1 Å². The molecule has 0 aliphatic carbocycles. The molecule has 22 heavy (non-hydrogen) atoms. The fourth-order valence-electron chi connectivity index (χ4n) is 2.43. The highest BCUT2D eigenvalue weighted by Crippen LogP contribution is 2.28. The number of pyridine rings is 1. The van der Waals surface area contributed by atoms with Crippen LogP contribution in [0.3, 0.4) is 0 Å². The van der Waals surface area contributed by atoms with Gasteiger partial charge in [0.1, 0.15) is 5.82 Å². The van der Waals surface area contributed by atoms with Crippen molar-refractivity contribution in [1.29, 1.82) is 0 Å². The Balaban J connectivity index is 1.82. The molecular weight excluding hydrogens is 276 g/mol. The monoisotopic (exact) mass is 292 g/mol. The molecule has 0 radical (unpaired) electrons. The third kappa shape index (κ3) is 3.03. The zero-order valence-corrected chi connectivity index (χ0v) is 11.9. The highest BCUT2D eigenvalue weighted by Gasteiger charge is 2.20. The van der Waals surface area contributed by atoms with E-state index in [1.54, 1.807) is 18.3 Å². The molecule has 1 unspecified atom stereocenters. The number of hydrogen-bond acceptors (Lipinski definition) is 4. The van der Waals surface area contributed by atoms with Crippen LogP contribution in [0.2, 0.25) is 0 Å². The molecule has 1 aromatic carbocycles. The quantitative estimate of drug-likeness (QED) is 0.912. The maximum absolute atomic E-state index is 12.4. The van der Waals surface area contributed by atoms with Crippen molar-refractivity contribution in [2.75, 3.05) is 5.73 Å². The van der Waals surface area contributed by atoms with Gasteiger partial charge in [-0.25, -0.2) is 4.98 Å². The molecule has 3 rings (SSSR count). The summed E-state index contributed by atoms with van der Waals surface area (Å²) in [6.45, 7) is 0. The number of hydrogen-bond donors (Lipinski definition) is 2. The first-order chi connectivity index (χ1) is 10.7. The molecule has 0 fully saturated rings. The molecule has 5 nitrogen and oxygen atoms in total. The molecule has 2 heterocycles. The number of allylic oxidation sites excluding steroid dienone is 1. The van der Waals surface area contributed by atoms with Crippen LogP contribution in [-0.2, 0) is 0 Å². The minimum absolute atomic E-state index is 0.0989. The number of nitrogens with two attached hydrogens (primary N) is 1. The van der Waals surface area contributed by atoms with Gasteiger partial charge in [-0.05, 0) is 24.1 Å². The Morgan fingerprint density at radius 2 is 2.05 bits per heavy atom. The fourth-order valence-corrected chi connectivity index (χ4v) is 2.43. The average molecular weight is 292 g/mol. The molecule has 5 heteroatoms. The van der Waals surface area contributed by atoms with Gasteiger partial charge in [-0.3, -0.25) is 9.79 Å². The van der Waals surface area contributed by atoms with E-state index in [2.05, 4.69) is 15.3 Å². The third-order valence-corrected chi connectivity index (χ3v) is 3.54. The van der Waals surface area contributed by atoms with E-state index in [9.17, 15) is 4.79 Å². The van der Waals surface area contributed by atoms with Crippen LogP contribution in [0.25, 0.3) is 0 Å². The van der Waals surface area contributed by atoms with Gasteiger partial charge in [-0.15, -0.1) is 0 Å². The van der Waals surface area contributed by atoms with Gasteiger partial charge in [0.25, 0.3) is 5.91 Å². The fraction of sp³-hybridized carbons (Fsp3) is 0.118. The summed E-state index contributed by atoms with van der Waals surface area (Å²) in [6.07, 6.45) is 5.84. The lowest BCUT2D eigenvalue weighted by molar-refractivity contribution is 0.0963. The summed E-state index contributed by atoms with van der Waals surface area (Å²) in [7, 11) is 0. The number of nitrogens with one attached hydrogen (secondary N) is 1. The summed E-state index contributed by atoms with van der Waals surface area (Å²) in [6, 6.07) is 13.2. The predicted molar refractivity (Wildman–Crippen MR) is 86.5 cm³/mol. The average Bonchev–Trinajstić information content (AvgIpc) is 2.56. The van der Waals surface area contributed by atoms with Gasteiger partial charge in [-0.2, -0.15) is 0 Å². The van der Waals surface area contributed by atoms with E-state index in [0.29, 0.717) is 11.4 Å². The Bertz CT molecular complexity index is 737. The van der Waals surface area contributed by atoms with Crippen LogP contribution in [0.5, 0.6) is 0 Å². The van der Waals surface area contributed by atoms with E-state index in [-0.39, 0.29) is 11.8 Å². The normalized spacial score (nSPS) is 16.9. The Labute approximate surface area is 128 Å². The van der Waals surface area contributed by atoms with Gasteiger partial charge in [0.2, 0.25) is 0 Å². The van der Waals surface area contributed by atoms with Gasteiger partial charge in [-0.1, -0.05) is 30.3 Å². The number of aliphatic imine (C=N–C) groups is 1. The lowest BCUT2D eigenvalue weighted by atomic mass is 9.92. The van der Waals surface area contributed by atoms with Crippen LogP contribution in [0.15, 0.2) is 65.6 Å². The number of amides is 1. The van der Waals surface area contributed by atoms with Crippen molar-refractivity contribution >= 4 is 17.9 Å². The minimum Gasteiger partial charge on any atom is -0.384 e. The van der Waals surface area contributed by atoms with E-state index in [4.69, 9.17) is 5.73 Å². The van der Waals surface area contributed by atoms with Crippen molar-refractivity contribution < 1.29 is 4.79 Å². The van der Waals surface area contributed by atoms with E-state index in [1.807, 2.05) is 36.5 Å². The van der Waals surface area contributed by atoms with Gasteiger partial charge >= 0.3 is 0 Å². The molecule has 0 bridgehead atoms. The summed E-state index contributed by atoms with van der Waals surface area (Å²) in [5.74, 6) is 0.211. The molecule has 0 spiro atoms. The largest absolute Gasteiger partial charge is 0.384 e. The lowest BCUT2D eigenvalue weighted by Crippen LogP contribution is -2.27. The van der Waals surface area contributed by atoms with Crippen molar-refractivity contribution in [2.24, 2.45) is 4.99 Å². The number of nitrogen functional groups attached to an aromatic ring is 1. The number of anilines is 1. The van der Waals surface area contributed by atoms with Crippen molar-refractivity contribution in [3.05, 3.63) is 71.7 Å².